The number of hydrogen-bond acceptors (Lipinski definition) is 5. The average molecular weight is 366 g/mol. The molecule has 1 aliphatic carbocycles. The van der Waals surface area contributed by atoms with Crippen molar-refractivity contribution in [2.75, 3.05) is 19.4 Å². The highest BCUT2D eigenvalue weighted by atomic mass is 16.2. The van der Waals surface area contributed by atoms with E-state index in [2.05, 4.69) is 16.5 Å². The van der Waals surface area contributed by atoms with Crippen molar-refractivity contribution in [3.05, 3.63) is 41.6 Å². The first-order valence-corrected chi connectivity index (χ1v) is 8.75. The van der Waals surface area contributed by atoms with Crippen molar-refractivity contribution in [1.29, 1.82) is 5.26 Å². The topological polar surface area (TPSA) is 117 Å². The molecule has 1 atom stereocenters. The Morgan fingerprint density at radius 3 is 2.56 bits per heavy atom. The van der Waals surface area contributed by atoms with Crippen LogP contribution >= 0.6 is 0 Å². The Morgan fingerprint density at radius 1 is 1.37 bits per heavy atom. The summed E-state index contributed by atoms with van der Waals surface area (Å²) in [5, 5.41) is 16.6. The van der Waals surface area contributed by atoms with Crippen molar-refractivity contribution < 1.29 is 9.59 Å². The summed E-state index contributed by atoms with van der Waals surface area (Å²) in [6.07, 6.45) is 4.06. The molecule has 1 aromatic carbocycles. The molecule has 0 bridgehead atoms. The monoisotopic (exact) mass is 366 g/mol. The third kappa shape index (κ3) is 4.08. The van der Waals surface area contributed by atoms with Gasteiger partial charge in [-0.3, -0.25) is 14.3 Å². The summed E-state index contributed by atoms with van der Waals surface area (Å²) < 4.78 is 1.67. The number of nitrogens with zero attached hydrogens (tertiary/aromatic N) is 4. The van der Waals surface area contributed by atoms with E-state index in [9.17, 15) is 9.59 Å². The Hall–Kier alpha value is -3.34. The van der Waals surface area contributed by atoms with Gasteiger partial charge in [-0.15, -0.1) is 0 Å². The molecule has 1 unspecified atom stereocenters. The molecule has 0 aliphatic heterocycles. The molecule has 1 saturated carbocycles. The van der Waals surface area contributed by atoms with E-state index in [0.29, 0.717) is 29.4 Å². The first kappa shape index (κ1) is 18.5. The Bertz CT molecular complexity index is 890. The molecule has 0 radical (unpaired) electrons. The lowest BCUT2D eigenvalue weighted by atomic mass is 10.1. The van der Waals surface area contributed by atoms with Gasteiger partial charge in [0.25, 0.3) is 11.8 Å². The normalized spacial score (nSPS) is 14.3. The molecule has 1 aromatic heterocycles. The van der Waals surface area contributed by atoms with Crippen LogP contribution in [0, 0.1) is 17.2 Å². The third-order valence-electron chi connectivity index (χ3n) is 4.60. The van der Waals surface area contributed by atoms with Gasteiger partial charge in [0, 0.05) is 31.5 Å². The van der Waals surface area contributed by atoms with E-state index in [0.717, 1.165) is 12.8 Å². The summed E-state index contributed by atoms with van der Waals surface area (Å²) >= 11 is 0. The molecule has 0 saturated heterocycles. The number of hydrogen-bond donors (Lipinski definition) is 2. The molecule has 1 heterocycles. The molecule has 2 amide bonds. The highest BCUT2D eigenvalue weighted by Crippen LogP contribution is 2.41. The summed E-state index contributed by atoms with van der Waals surface area (Å²) in [5.74, 6) is 0.0781. The van der Waals surface area contributed by atoms with Crippen molar-refractivity contribution in [2.45, 2.75) is 25.3 Å². The van der Waals surface area contributed by atoms with Crippen LogP contribution in [0.4, 0.5) is 11.5 Å². The summed E-state index contributed by atoms with van der Waals surface area (Å²) in [6, 6.07) is 9.03. The molecule has 8 nitrogen and oxygen atoms in total. The van der Waals surface area contributed by atoms with Crippen molar-refractivity contribution in [1.82, 2.24) is 14.7 Å². The van der Waals surface area contributed by atoms with Crippen LogP contribution in [0.15, 0.2) is 30.5 Å². The summed E-state index contributed by atoms with van der Waals surface area (Å²) in [7, 11) is 3.38. The first-order valence-electron chi connectivity index (χ1n) is 8.75. The predicted octanol–water partition coefficient (Wildman–Crippen LogP) is 2.29. The first-order chi connectivity index (χ1) is 12.9. The molecule has 0 spiro atoms. The van der Waals surface area contributed by atoms with Crippen molar-refractivity contribution in [2.24, 2.45) is 11.7 Å². The molecule has 2 aromatic rings. The largest absolute Gasteiger partial charge is 0.365 e. The number of carbonyl (C=O) groups is 2. The number of nitriles is 1. The SMILES string of the molecule is CN(C)C(=O)c1ccc(Nc2nn(C(CC#N)C3CC3)cc2C(N)=O)cc1. The Labute approximate surface area is 157 Å². The average Bonchev–Trinajstić information content (AvgIpc) is 3.39. The van der Waals surface area contributed by atoms with E-state index in [1.165, 1.54) is 4.90 Å². The number of nitrogens with one attached hydrogen (secondary N) is 1. The maximum atomic E-state index is 12.0. The van der Waals surface area contributed by atoms with Gasteiger partial charge in [0.1, 0.15) is 5.56 Å². The quantitative estimate of drug-likeness (QED) is 0.780. The van der Waals surface area contributed by atoms with Crippen LogP contribution in [0.2, 0.25) is 0 Å². The lowest BCUT2D eigenvalue weighted by molar-refractivity contribution is 0.0827. The minimum Gasteiger partial charge on any atom is -0.365 e. The molecule has 3 rings (SSSR count). The number of aromatic nitrogens is 2. The van der Waals surface area contributed by atoms with E-state index in [1.54, 1.807) is 49.2 Å². The second-order valence-electron chi connectivity index (χ2n) is 6.90. The van der Waals surface area contributed by atoms with Gasteiger partial charge >= 0.3 is 0 Å². The zero-order valence-electron chi connectivity index (χ0n) is 15.3. The molecule has 27 heavy (non-hydrogen) atoms. The van der Waals surface area contributed by atoms with Crippen LogP contribution in [0.25, 0.3) is 0 Å². The van der Waals surface area contributed by atoms with Crippen LogP contribution in [0.5, 0.6) is 0 Å². The van der Waals surface area contributed by atoms with E-state index >= 15 is 0 Å². The number of primary amides is 1. The lowest BCUT2D eigenvalue weighted by Crippen LogP contribution is -2.21. The maximum absolute atomic E-state index is 12.0. The van der Waals surface area contributed by atoms with E-state index in [4.69, 9.17) is 11.0 Å². The lowest BCUT2D eigenvalue weighted by Gasteiger charge is -2.13. The van der Waals surface area contributed by atoms with Gasteiger partial charge in [0.05, 0.1) is 18.5 Å². The fourth-order valence-corrected chi connectivity index (χ4v) is 2.98. The Kier molecular flexibility index (Phi) is 5.12. The Balaban J connectivity index is 1.84. The number of rotatable bonds is 7. The highest BCUT2D eigenvalue weighted by molar-refractivity contribution is 5.98. The van der Waals surface area contributed by atoms with Crippen molar-refractivity contribution in [3.63, 3.8) is 0 Å². The Morgan fingerprint density at radius 2 is 2.04 bits per heavy atom. The van der Waals surface area contributed by atoms with Crippen LogP contribution < -0.4 is 11.1 Å². The summed E-state index contributed by atoms with van der Waals surface area (Å²) in [4.78, 5) is 25.3. The molecule has 1 fully saturated rings. The van der Waals surface area contributed by atoms with Gasteiger partial charge in [0.2, 0.25) is 0 Å². The van der Waals surface area contributed by atoms with Crippen LogP contribution in [-0.4, -0.2) is 40.6 Å². The second-order valence-corrected chi connectivity index (χ2v) is 6.90. The molecule has 8 heteroatoms. The van der Waals surface area contributed by atoms with E-state index in [1.807, 2.05) is 0 Å². The van der Waals surface area contributed by atoms with E-state index < -0.39 is 5.91 Å². The van der Waals surface area contributed by atoms with Crippen LogP contribution in [0.1, 0.15) is 46.0 Å². The summed E-state index contributed by atoms with van der Waals surface area (Å²) in [6.45, 7) is 0. The van der Waals surface area contributed by atoms with Gasteiger partial charge in [-0.1, -0.05) is 0 Å². The number of anilines is 2. The van der Waals surface area contributed by atoms with E-state index in [-0.39, 0.29) is 17.5 Å². The van der Waals surface area contributed by atoms with Gasteiger partial charge in [-0.25, -0.2) is 0 Å². The molecular formula is C19H22N6O2. The fraction of sp³-hybridized carbons (Fsp3) is 0.368. The third-order valence-corrected chi connectivity index (χ3v) is 4.60. The number of carbonyl (C=O) groups excluding carboxylic acids is 2. The molecule has 140 valence electrons. The standard InChI is InChI=1S/C19H22N6O2/c1-24(2)19(27)13-5-7-14(8-6-13)22-18-15(17(21)26)11-25(23-18)16(9-10-20)12-3-4-12/h5-8,11-12,16H,3-4,9H2,1-2H3,(H2,21,26)(H,22,23). The minimum absolute atomic E-state index is 0.0521. The van der Waals surface area contributed by atoms with Gasteiger partial charge in [-0.2, -0.15) is 10.4 Å². The van der Waals surface area contributed by atoms with Gasteiger partial charge < -0.3 is 16.0 Å². The highest BCUT2D eigenvalue weighted by Gasteiger charge is 2.33. The maximum Gasteiger partial charge on any atom is 0.254 e. The predicted molar refractivity (Wildman–Crippen MR) is 100 cm³/mol. The number of nitrogens with two attached hydrogens (primary N) is 1. The van der Waals surface area contributed by atoms with Crippen LogP contribution in [-0.2, 0) is 0 Å². The summed E-state index contributed by atoms with van der Waals surface area (Å²) in [5.41, 5.74) is 7.01. The zero-order valence-corrected chi connectivity index (χ0v) is 15.3. The second kappa shape index (κ2) is 7.50. The zero-order chi connectivity index (χ0) is 19.6. The minimum atomic E-state index is -0.588. The number of amides is 2. The number of benzene rings is 1. The van der Waals surface area contributed by atoms with Crippen molar-refractivity contribution in [3.8, 4) is 6.07 Å². The van der Waals surface area contributed by atoms with Gasteiger partial charge in [-0.05, 0) is 43.0 Å². The molecule has 1 aliphatic rings. The molecule has 3 N–H and O–H groups in total. The van der Waals surface area contributed by atoms with Crippen molar-refractivity contribution >= 4 is 23.3 Å². The smallest absolute Gasteiger partial charge is 0.254 e. The fourth-order valence-electron chi connectivity index (χ4n) is 2.98. The van der Waals surface area contributed by atoms with Gasteiger partial charge in [0.15, 0.2) is 5.82 Å². The van der Waals surface area contributed by atoms with Crippen LogP contribution in [0.3, 0.4) is 0 Å². The molecular weight excluding hydrogens is 344 g/mol.